The second kappa shape index (κ2) is 4.04. The third-order valence-electron chi connectivity index (χ3n) is 1.56. The average Bonchev–Trinajstić information content (AvgIpc) is 2.55. The Morgan fingerprint density at radius 1 is 1.67 bits per heavy atom. The van der Waals surface area contributed by atoms with Gasteiger partial charge in [-0.15, -0.1) is 0 Å². The van der Waals surface area contributed by atoms with Gasteiger partial charge in [0.25, 0.3) is 0 Å². The summed E-state index contributed by atoms with van der Waals surface area (Å²) in [6, 6.07) is 3.62. The van der Waals surface area contributed by atoms with E-state index in [1.54, 1.807) is 0 Å². The van der Waals surface area contributed by atoms with Crippen LogP contribution in [-0.4, -0.2) is 11.9 Å². The molecule has 12 heavy (non-hydrogen) atoms. The van der Waals surface area contributed by atoms with Gasteiger partial charge in [0.15, 0.2) is 10.7 Å². The van der Waals surface area contributed by atoms with E-state index in [9.17, 15) is 0 Å². The predicted octanol–water partition coefficient (Wildman–Crippen LogP) is 1.79. The molecule has 4 heteroatoms. The van der Waals surface area contributed by atoms with E-state index in [1.165, 1.54) is 11.8 Å². The first kappa shape index (κ1) is 8.96. The molecule has 0 N–H and O–H groups in total. The van der Waals surface area contributed by atoms with E-state index in [2.05, 4.69) is 0 Å². The molecule has 3 nitrogen and oxygen atoms in total. The van der Waals surface area contributed by atoms with Crippen LogP contribution in [0.25, 0.3) is 0 Å². The summed E-state index contributed by atoms with van der Waals surface area (Å²) in [5.41, 5.74) is 0.0935. The van der Waals surface area contributed by atoms with E-state index >= 15 is 0 Å². The highest BCUT2D eigenvalue weighted by Gasteiger charge is 2.22. The van der Waals surface area contributed by atoms with Crippen molar-refractivity contribution in [2.45, 2.75) is 19.4 Å². The molecule has 1 atom stereocenters. The van der Waals surface area contributed by atoms with Gasteiger partial charge in [-0.25, -0.2) is 0 Å². The number of ether oxygens (including phenoxy) is 1. The predicted molar refractivity (Wildman–Crippen MR) is 45.9 cm³/mol. The fourth-order valence-corrected chi connectivity index (χ4v) is 1.92. The van der Waals surface area contributed by atoms with Gasteiger partial charge in [-0.3, -0.25) is 0 Å². The Morgan fingerprint density at radius 3 is 2.75 bits per heavy atom. The minimum absolute atomic E-state index is 0.0935. The summed E-state index contributed by atoms with van der Waals surface area (Å²) >= 11 is 1.44. The van der Waals surface area contributed by atoms with Crippen LogP contribution in [0.1, 0.15) is 13.3 Å². The lowest BCUT2D eigenvalue weighted by atomic mass is 10.3. The van der Waals surface area contributed by atoms with Crippen LogP contribution in [-0.2, 0) is 4.74 Å². The number of hydrogen-bond acceptors (Lipinski definition) is 4. The van der Waals surface area contributed by atoms with Crippen LogP contribution >= 0.6 is 11.8 Å². The van der Waals surface area contributed by atoms with E-state index in [4.69, 9.17) is 15.3 Å². The van der Waals surface area contributed by atoms with Gasteiger partial charge in [-0.2, -0.15) is 10.5 Å². The first-order valence-electron chi connectivity index (χ1n) is 3.65. The van der Waals surface area contributed by atoms with E-state index in [-0.39, 0.29) is 11.7 Å². The van der Waals surface area contributed by atoms with Crippen molar-refractivity contribution in [2.24, 2.45) is 0 Å². The summed E-state index contributed by atoms with van der Waals surface area (Å²) in [7, 11) is 0. The van der Waals surface area contributed by atoms with E-state index in [0.717, 1.165) is 12.2 Å². The molecule has 0 bridgehead atoms. The molecule has 0 aromatic carbocycles. The zero-order chi connectivity index (χ0) is 8.97. The van der Waals surface area contributed by atoms with Gasteiger partial charge < -0.3 is 4.74 Å². The maximum Gasteiger partial charge on any atom is 0.182 e. The molecule has 0 saturated carbocycles. The first-order chi connectivity index (χ1) is 5.81. The maximum absolute atomic E-state index is 8.52. The van der Waals surface area contributed by atoms with Crippen molar-refractivity contribution < 1.29 is 4.74 Å². The van der Waals surface area contributed by atoms with Crippen LogP contribution in [0.5, 0.6) is 0 Å². The molecule has 0 aliphatic carbocycles. The molecule has 1 heterocycles. The Labute approximate surface area is 75.6 Å². The van der Waals surface area contributed by atoms with E-state index in [1.807, 2.05) is 19.1 Å². The normalized spacial score (nSPS) is 20.9. The monoisotopic (exact) mass is 180 g/mol. The van der Waals surface area contributed by atoms with Gasteiger partial charge in [-0.05, 0) is 6.42 Å². The van der Waals surface area contributed by atoms with Crippen LogP contribution < -0.4 is 0 Å². The second-order valence-corrected chi connectivity index (χ2v) is 3.34. The minimum Gasteiger partial charge on any atom is -0.481 e. The number of rotatable bonds is 1. The van der Waals surface area contributed by atoms with Crippen LogP contribution in [0, 0.1) is 22.7 Å². The van der Waals surface area contributed by atoms with Crippen molar-refractivity contribution in [3.05, 3.63) is 10.7 Å². The molecule has 0 aromatic heterocycles. The maximum atomic E-state index is 8.52. The molecule has 0 spiro atoms. The smallest absolute Gasteiger partial charge is 0.182 e. The van der Waals surface area contributed by atoms with E-state index < -0.39 is 0 Å². The van der Waals surface area contributed by atoms with Crippen molar-refractivity contribution in [1.29, 1.82) is 10.5 Å². The van der Waals surface area contributed by atoms with Crippen molar-refractivity contribution >= 4 is 11.8 Å². The summed E-state index contributed by atoms with van der Waals surface area (Å²) in [6.45, 7) is 2.02. The highest BCUT2D eigenvalue weighted by molar-refractivity contribution is 8.03. The average molecular weight is 180 g/mol. The van der Waals surface area contributed by atoms with Crippen LogP contribution in [0.2, 0.25) is 0 Å². The van der Waals surface area contributed by atoms with Gasteiger partial charge in [0.2, 0.25) is 0 Å². The molecular formula is C8H8N2OS. The highest BCUT2D eigenvalue weighted by Crippen LogP contribution is 2.32. The molecule has 1 saturated heterocycles. The summed E-state index contributed by atoms with van der Waals surface area (Å²) in [5.74, 6) is 0.846. The molecular weight excluding hydrogens is 172 g/mol. The fourth-order valence-electron chi connectivity index (χ4n) is 0.837. The second-order valence-electron chi connectivity index (χ2n) is 2.35. The Bertz CT molecular complexity index is 268. The van der Waals surface area contributed by atoms with Crippen molar-refractivity contribution in [3.63, 3.8) is 0 Å². The lowest BCUT2D eigenvalue weighted by Crippen LogP contribution is -2.05. The number of thioether (sulfide) groups is 1. The molecule has 62 valence electrons. The highest BCUT2D eigenvalue weighted by atomic mass is 32.2. The summed E-state index contributed by atoms with van der Waals surface area (Å²) in [6.07, 6.45) is 1.09. The quantitative estimate of drug-likeness (QED) is 0.577. The Balaban J connectivity index is 2.75. The zero-order valence-corrected chi connectivity index (χ0v) is 7.52. The molecule has 1 aliphatic rings. The summed E-state index contributed by atoms with van der Waals surface area (Å²) in [4.78, 5) is 0. The molecule has 0 amide bonds. The lowest BCUT2D eigenvalue weighted by Gasteiger charge is -2.04. The third-order valence-corrected chi connectivity index (χ3v) is 2.66. The molecule has 0 radical (unpaired) electrons. The fraction of sp³-hybridized carbons (Fsp3) is 0.500. The number of hydrogen-bond donors (Lipinski definition) is 0. The Morgan fingerprint density at radius 2 is 2.33 bits per heavy atom. The van der Waals surface area contributed by atoms with Crippen molar-refractivity contribution in [1.82, 2.24) is 0 Å². The summed E-state index contributed by atoms with van der Waals surface area (Å²) in [5, 5.41) is 17.5. The standard InChI is InChI=1S/C8H8N2OS/c1-2-7-5-12-8(11-7)6(3-9)4-10/h7H,2,5H2,1H3. The SMILES string of the molecule is CCC1CSC(=C(C#N)C#N)O1. The third kappa shape index (κ3) is 1.72. The largest absolute Gasteiger partial charge is 0.481 e. The first-order valence-corrected chi connectivity index (χ1v) is 4.64. The van der Waals surface area contributed by atoms with Crippen LogP contribution in [0.15, 0.2) is 10.7 Å². The topological polar surface area (TPSA) is 56.8 Å². The number of allylic oxidation sites excluding steroid dienone is 1. The van der Waals surface area contributed by atoms with Gasteiger partial charge in [-0.1, -0.05) is 18.7 Å². The Kier molecular flexibility index (Phi) is 3.01. The molecule has 1 aliphatic heterocycles. The van der Waals surface area contributed by atoms with Gasteiger partial charge in [0.05, 0.1) is 0 Å². The van der Waals surface area contributed by atoms with Crippen LogP contribution in [0.3, 0.4) is 0 Å². The van der Waals surface area contributed by atoms with Crippen molar-refractivity contribution in [2.75, 3.05) is 5.75 Å². The molecule has 1 fully saturated rings. The van der Waals surface area contributed by atoms with Gasteiger partial charge in [0, 0.05) is 5.75 Å². The number of nitriles is 2. The van der Waals surface area contributed by atoms with Crippen molar-refractivity contribution in [3.8, 4) is 12.1 Å². The van der Waals surface area contributed by atoms with Crippen LogP contribution in [0.4, 0.5) is 0 Å². The minimum atomic E-state index is 0.0935. The zero-order valence-electron chi connectivity index (χ0n) is 6.70. The van der Waals surface area contributed by atoms with Gasteiger partial charge in [0.1, 0.15) is 18.2 Å². The molecule has 1 rings (SSSR count). The lowest BCUT2D eigenvalue weighted by molar-refractivity contribution is 0.165. The molecule has 0 aromatic rings. The van der Waals surface area contributed by atoms with Gasteiger partial charge >= 0.3 is 0 Å². The number of nitrogens with zero attached hydrogens (tertiary/aromatic N) is 2. The molecule has 1 unspecified atom stereocenters. The Hall–Kier alpha value is -1.13. The summed E-state index contributed by atoms with van der Waals surface area (Å²) < 4.78 is 5.35. The van der Waals surface area contributed by atoms with E-state index in [0.29, 0.717) is 5.09 Å².